The Morgan fingerprint density at radius 1 is 1.00 bits per heavy atom. The third-order valence-corrected chi connectivity index (χ3v) is 2.49. The van der Waals surface area contributed by atoms with E-state index in [1.807, 2.05) is 60.7 Å². The first kappa shape index (κ1) is 12.2. The first-order chi connectivity index (χ1) is 8.90. The molecule has 0 amide bonds. The molecule has 0 bridgehead atoms. The molecule has 0 heterocycles. The monoisotopic (exact) mass is 239 g/mol. The third-order valence-electron chi connectivity index (χ3n) is 2.49. The standard InChI is InChI=1S/C14H13N3O/c15-17-16-14(13-9-5-2-6-10-13)18-11-12-7-3-1-4-8-12/h1-10,14H,11H2. The lowest BCUT2D eigenvalue weighted by Gasteiger charge is -2.12. The third kappa shape index (κ3) is 3.35. The van der Waals surface area contributed by atoms with Crippen molar-refractivity contribution in [2.24, 2.45) is 5.11 Å². The first-order valence-corrected chi connectivity index (χ1v) is 5.65. The molecule has 1 unspecified atom stereocenters. The second kappa shape index (κ2) is 6.45. The normalized spacial score (nSPS) is 11.6. The van der Waals surface area contributed by atoms with E-state index in [4.69, 9.17) is 10.3 Å². The summed E-state index contributed by atoms with van der Waals surface area (Å²) in [6.07, 6.45) is -0.587. The van der Waals surface area contributed by atoms with Gasteiger partial charge >= 0.3 is 0 Å². The highest BCUT2D eigenvalue weighted by Gasteiger charge is 2.09. The van der Waals surface area contributed by atoms with Crippen LogP contribution in [0.1, 0.15) is 17.4 Å². The molecule has 0 radical (unpaired) electrons. The van der Waals surface area contributed by atoms with Gasteiger partial charge in [0.2, 0.25) is 0 Å². The van der Waals surface area contributed by atoms with Gasteiger partial charge in [0, 0.05) is 4.91 Å². The lowest BCUT2D eigenvalue weighted by molar-refractivity contribution is 0.0444. The van der Waals surface area contributed by atoms with Crippen molar-refractivity contribution in [1.82, 2.24) is 0 Å². The molecule has 4 heteroatoms. The van der Waals surface area contributed by atoms with E-state index in [2.05, 4.69) is 10.0 Å². The molecule has 18 heavy (non-hydrogen) atoms. The summed E-state index contributed by atoms with van der Waals surface area (Å²) >= 11 is 0. The molecule has 0 aliphatic heterocycles. The van der Waals surface area contributed by atoms with E-state index >= 15 is 0 Å². The molecule has 90 valence electrons. The molecule has 4 nitrogen and oxygen atoms in total. The lowest BCUT2D eigenvalue weighted by Crippen LogP contribution is -2.01. The Hall–Kier alpha value is -2.29. The van der Waals surface area contributed by atoms with Crippen molar-refractivity contribution in [3.8, 4) is 0 Å². The summed E-state index contributed by atoms with van der Waals surface area (Å²) in [4.78, 5) is 2.82. The molecule has 0 spiro atoms. The summed E-state index contributed by atoms with van der Waals surface area (Å²) in [6.45, 7) is 0.416. The minimum Gasteiger partial charge on any atom is -0.363 e. The van der Waals surface area contributed by atoms with Gasteiger partial charge < -0.3 is 4.74 Å². The van der Waals surface area contributed by atoms with E-state index in [1.54, 1.807) is 0 Å². The summed E-state index contributed by atoms with van der Waals surface area (Å²) in [6, 6.07) is 19.2. The highest BCUT2D eigenvalue weighted by molar-refractivity contribution is 5.18. The number of azide groups is 1. The van der Waals surface area contributed by atoms with Crippen LogP contribution in [0.15, 0.2) is 65.8 Å². The Labute approximate surface area is 105 Å². The van der Waals surface area contributed by atoms with Crippen molar-refractivity contribution in [3.63, 3.8) is 0 Å². The van der Waals surface area contributed by atoms with E-state index in [0.717, 1.165) is 11.1 Å². The molecule has 0 N–H and O–H groups in total. The van der Waals surface area contributed by atoms with Crippen molar-refractivity contribution < 1.29 is 4.74 Å². The minimum atomic E-state index is -0.587. The van der Waals surface area contributed by atoms with Gasteiger partial charge in [0.05, 0.1) is 6.61 Å². The quantitative estimate of drug-likeness (QED) is 0.438. The molecule has 0 aromatic heterocycles. The smallest absolute Gasteiger partial charge is 0.162 e. The molecule has 0 fully saturated rings. The Kier molecular flexibility index (Phi) is 4.36. The Balaban J connectivity index is 2.06. The Bertz CT molecular complexity index is 521. The summed E-state index contributed by atoms with van der Waals surface area (Å²) in [5.41, 5.74) is 10.5. The predicted octanol–water partition coefficient (Wildman–Crippen LogP) is 4.21. The fourth-order valence-electron chi connectivity index (χ4n) is 1.61. The van der Waals surface area contributed by atoms with Crippen molar-refractivity contribution >= 4 is 0 Å². The SMILES string of the molecule is [N-]=[N+]=NC(OCc1ccccc1)c1ccccc1. The van der Waals surface area contributed by atoms with E-state index in [-0.39, 0.29) is 0 Å². The van der Waals surface area contributed by atoms with Crippen molar-refractivity contribution in [2.75, 3.05) is 0 Å². The fraction of sp³-hybridized carbons (Fsp3) is 0.143. The maximum atomic E-state index is 8.57. The van der Waals surface area contributed by atoms with Gasteiger partial charge in [-0.05, 0) is 16.7 Å². The summed E-state index contributed by atoms with van der Waals surface area (Å²) < 4.78 is 5.63. The van der Waals surface area contributed by atoms with Crippen molar-refractivity contribution in [1.29, 1.82) is 0 Å². The van der Waals surface area contributed by atoms with Crippen molar-refractivity contribution in [3.05, 3.63) is 82.2 Å². The van der Waals surface area contributed by atoms with Crippen LogP contribution in [0.25, 0.3) is 10.4 Å². The fourth-order valence-corrected chi connectivity index (χ4v) is 1.61. The van der Waals surface area contributed by atoms with Gasteiger partial charge in [-0.2, -0.15) is 0 Å². The van der Waals surface area contributed by atoms with Gasteiger partial charge in [0.25, 0.3) is 0 Å². The Morgan fingerprint density at radius 3 is 2.22 bits per heavy atom. The summed E-state index contributed by atoms with van der Waals surface area (Å²) in [5, 5.41) is 3.67. The molecular formula is C14H13N3O. The van der Waals surface area contributed by atoms with E-state index < -0.39 is 6.23 Å². The average molecular weight is 239 g/mol. The van der Waals surface area contributed by atoms with Crippen LogP contribution in [0.2, 0.25) is 0 Å². The van der Waals surface area contributed by atoms with Crippen LogP contribution in [0.3, 0.4) is 0 Å². The number of rotatable bonds is 5. The molecule has 0 saturated heterocycles. The van der Waals surface area contributed by atoms with Crippen LogP contribution in [0, 0.1) is 0 Å². The number of hydrogen-bond donors (Lipinski definition) is 0. The summed E-state index contributed by atoms with van der Waals surface area (Å²) in [5.74, 6) is 0. The van der Waals surface area contributed by atoms with Gasteiger partial charge in [0.1, 0.15) is 0 Å². The predicted molar refractivity (Wildman–Crippen MR) is 69.6 cm³/mol. The largest absolute Gasteiger partial charge is 0.363 e. The molecular weight excluding hydrogens is 226 g/mol. The van der Waals surface area contributed by atoms with Crippen LogP contribution in [0.4, 0.5) is 0 Å². The van der Waals surface area contributed by atoms with Gasteiger partial charge in [-0.15, -0.1) is 0 Å². The molecule has 0 aliphatic rings. The van der Waals surface area contributed by atoms with Crippen LogP contribution in [0.5, 0.6) is 0 Å². The summed E-state index contributed by atoms with van der Waals surface area (Å²) in [7, 11) is 0. The van der Waals surface area contributed by atoms with Gasteiger partial charge in [-0.25, -0.2) is 0 Å². The first-order valence-electron chi connectivity index (χ1n) is 5.65. The highest BCUT2D eigenvalue weighted by atomic mass is 16.5. The zero-order valence-corrected chi connectivity index (χ0v) is 9.81. The van der Waals surface area contributed by atoms with Gasteiger partial charge in [0.15, 0.2) is 6.23 Å². The number of nitrogens with zero attached hydrogens (tertiary/aromatic N) is 3. The van der Waals surface area contributed by atoms with Crippen LogP contribution >= 0.6 is 0 Å². The Morgan fingerprint density at radius 2 is 1.61 bits per heavy atom. The van der Waals surface area contributed by atoms with E-state index in [9.17, 15) is 0 Å². The molecule has 2 rings (SSSR count). The number of hydrogen-bond acceptors (Lipinski definition) is 2. The molecule has 0 saturated carbocycles. The van der Waals surface area contributed by atoms with Crippen LogP contribution < -0.4 is 0 Å². The number of ether oxygens (including phenoxy) is 1. The molecule has 1 atom stereocenters. The number of benzene rings is 2. The second-order valence-electron chi connectivity index (χ2n) is 3.76. The highest BCUT2D eigenvalue weighted by Crippen LogP contribution is 2.20. The maximum absolute atomic E-state index is 8.57. The maximum Gasteiger partial charge on any atom is 0.162 e. The lowest BCUT2D eigenvalue weighted by atomic mass is 10.2. The van der Waals surface area contributed by atoms with Crippen LogP contribution in [-0.4, -0.2) is 0 Å². The van der Waals surface area contributed by atoms with E-state index in [0.29, 0.717) is 6.61 Å². The average Bonchev–Trinajstić information content (AvgIpc) is 2.45. The van der Waals surface area contributed by atoms with E-state index in [1.165, 1.54) is 0 Å². The zero-order valence-electron chi connectivity index (χ0n) is 9.81. The molecule has 0 aliphatic carbocycles. The second-order valence-corrected chi connectivity index (χ2v) is 3.76. The molecule has 2 aromatic rings. The van der Waals surface area contributed by atoms with Crippen LogP contribution in [-0.2, 0) is 11.3 Å². The minimum absolute atomic E-state index is 0.416. The van der Waals surface area contributed by atoms with Crippen molar-refractivity contribution in [2.45, 2.75) is 12.8 Å². The molecule has 2 aromatic carbocycles. The topological polar surface area (TPSA) is 58.0 Å². The van der Waals surface area contributed by atoms with Gasteiger partial charge in [-0.1, -0.05) is 65.8 Å². The van der Waals surface area contributed by atoms with Gasteiger partial charge in [-0.3, -0.25) is 0 Å². The zero-order chi connectivity index (χ0) is 12.6.